The van der Waals surface area contributed by atoms with E-state index in [9.17, 15) is 8.78 Å². The lowest BCUT2D eigenvalue weighted by Crippen LogP contribution is -1.97. The van der Waals surface area contributed by atoms with Gasteiger partial charge in [-0.3, -0.25) is 5.10 Å². The molecule has 90 valence electrons. The zero-order valence-electron chi connectivity index (χ0n) is 8.72. The largest absolute Gasteiger partial charge is 0.492 e. The maximum absolute atomic E-state index is 13.8. The number of ether oxygens (including phenoxy) is 1. The Labute approximate surface area is 100 Å². The first-order valence-corrected chi connectivity index (χ1v) is 4.94. The Kier molecular flexibility index (Phi) is 2.89. The number of aromatic amines is 1. The van der Waals surface area contributed by atoms with E-state index in [-0.39, 0.29) is 27.7 Å². The van der Waals surface area contributed by atoms with Crippen molar-refractivity contribution in [1.82, 2.24) is 10.2 Å². The van der Waals surface area contributed by atoms with Gasteiger partial charge in [0.15, 0.2) is 11.6 Å². The smallest absolute Gasteiger partial charge is 0.202 e. The summed E-state index contributed by atoms with van der Waals surface area (Å²) in [5, 5.41) is 6.01. The Bertz CT molecular complexity index is 571. The number of nitrogens with zero attached hydrogens (tertiary/aromatic N) is 1. The normalized spacial score (nSPS) is 10.6. The molecule has 0 radical (unpaired) electrons. The summed E-state index contributed by atoms with van der Waals surface area (Å²) >= 11 is 5.77. The zero-order chi connectivity index (χ0) is 12.6. The highest BCUT2D eigenvalue weighted by atomic mass is 35.5. The van der Waals surface area contributed by atoms with Crippen molar-refractivity contribution >= 4 is 17.4 Å². The number of methoxy groups -OCH3 is 1. The fraction of sp³-hybridized carbons (Fsp3) is 0.100. The number of aromatic nitrogens is 2. The predicted octanol–water partition coefficient (Wildman–Crippen LogP) is 2.60. The maximum Gasteiger partial charge on any atom is 0.202 e. The number of H-pyrrole nitrogens is 1. The van der Waals surface area contributed by atoms with E-state index in [1.807, 2.05) is 0 Å². The molecule has 0 spiro atoms. The first-order chi connectivity index (χ1) is 8.06. The van der Waals surface area contributed by atoms with Crippen molar-refractivity contribution in [1.29, 1.82) is 0 Å². The van der Waals surface area contributed by atoms with Gasteiger partial charge in [0.1, 0.15) is 5.82 Å². The Morgan fingerprint density at radius 3 is 2.59 bits per heavy atom. The fourth-order valence-corrected chi connectivity index (χ4v) is 1.74. The van der Waals surface area contributed by atoms with Crippen LogP contribution in [0.4, 0.5) is 14.6 Å². The van der Waals surface area contributed by atoms with Crippen LogP contribution in [0.15, 0.2) is 12.3 Å². The molecule has 0 amide bonds. The van der Waals surface area contributed by atoms with Gasteiger partial charge < -0.3 is 10.5 Å². The van der Waals surface area contributed by atoms with Crippen molar-refractivity contribution in [2.24, 2.45) is 0 Å². The van der Waals surface area contributed by atoms with Crippen LogP contribution in [-0.2, 0) is 0 Å². The first kappa shape index (κ1) is 11.7. The van der Waals surface area contributed by atoms with Gasteiger partial charge in [-0.05, 0) is 6.07 Å². The second-order valence-corrected chi connectivity index (χ2v) is 3.67. The van der Waals surface area contributed by atoms with E-state index in [1.165, 1.54) is 19.4 Å². The van der Waals surface area contributed by atoms with Gasteiger partial charge in [-0.1, -0.05) is 11.6 Å². The quantitative estimate of drug-likeness (QED) is 0.815. The molecule has 0 saturated heterocycles. The lowest BCUT2D eigenvalue weighted by atomic mass is 10.1. The minimum atomic E-state index is -1.16. The summed E-state index contributed by atoms with van der Waals surface area (Å²) in [6.07, 6.45) is 1.29. The molecule has 0 saturated carbocycles. The molecule has 0 fully saturated rings. The predicted molar refractivity (Wildman–Crippen MR) is 59.9 cm³/mol. The number of hydrogen-bond donors (Lipinski definition) is 2. The van der Waals surface area contributed by atoms with Crippen molar-refractivity contribution in [2.75, 3.05) is 12.8 Å². The second kappa shape index (κ2) is 4.21. The van der Waals surface area contributed by atoms with Crippen LogP contribution in [0, 0.1) is 11.6 Å². The number of nitrogens with two attached hydrogens (primary N) is 1. The topological polar surface area (TPSA) is 63.9 Å². The van der Waals surface area contributed by atoms with Crippen LogP contribution < -0.4 is 10.5 Å². The first-order valence-electron chi connectivity index (χ1n) is 4.57. The van der Waals surface area contributed by atoms with Crippen molar-refractivity contribution in [2.45, 2.75) is 0 Å². The number of nitrogen functional groups attached to an aromatic ring is 1. The third-order valence-electron chi connectivity index (χ3n) is 2.28. The van der Waals surface area contributed by atoms with Gasteiger partial charge in [0.2, 0.25) is 5.82 Å². The van der Waals surface area contributed by atoms with Crippen molar-refractivity contribution in [3.8, 4) is 16.9 Å². The Morgan fingerprint density at radius 2 is 2.06 bits per heavy atom. The van der Waals surface area contributed by atoms with E-state index in [0.717, 1.165) is 0 Å². The molecule has 4 nitrogen and oxygen atoms in total. The zero-order valence-corrected chi connectivity index (χ0v) is 9.48. The molecule has 0 aliphatic rings. The van der Waals surface area contributed by atoms with Crippen molar-refractivity contribution in [3.05, 3.63) is 28.9 Å². The van der Waals surface area contributed by atoms with Crippen LogP contribution in [0.1, 0.15) is 0 Å². The number of rotatable bonds is 2. The monoisotopic (exact) mass is 259 g/mol. The molecular weight excluding hydrogens is 252 g/mol. The highest BCUT2D eigenvalue weighted by Crippen LogP contribution is 2.37. The van der Waals surface area contributed by atoms with Crippen molar-refractivity contribution < 1.29 is 13.5 Å². The minimum Gasteiger partial charge on any atom is -0.492 e. The van der Waals surface area contributed by atoms with E-state index < -0.39 is 11.6 Å². The molecule has 0 bridgehead atoms. The average molecular weight is 260 g/mol. The van der Waals surface area contributed by atoms with Gasteiger partial charge >= 0.3 is 0 Å². The number of halogens is 3. The molecule has 1 heterocycles. The second-order valence-electron chi connectivity index (χ2n) is 3.26. The molecule has 0 aliphatic heterocycles. The number of hydrogen-bond acceptors (Lipinski definition) is 3. The minimum absolute atomic E-state index is 0.0398. The molecule has 1 aromatic carbocycles. The third kappa shape index (κ3) is 1.80. The highest BCUT2D eigenvalue weighted by molar-refractivity contribution is 6.32. The Balaban J connectivity index is 2.69. The van der Waals surface area contributed by atoms with Crippen LogP contribution in [0.2, 0.25) is 5.02 Å². The van der Waals surface area contributed by atoms with Gasteiger partial charge in [0, 0.05) is 11.1 Å². The highest BCUT2D eigenvalue weighted by Gasteiger charge is 2.21. The molecular formula is C10H8ClF2N3O. The summed E-state index contributed by atoms with van der Waals surface area (Å²) in [4.78, 5) is 0. The third-order valence-corrected chi connectivity index (χ3v) is 2.56. The molecule has 2 rings (SSSR count). The van der Waals surface area contributed by atoms with E-state index in [4.69, 9.17) is 17.3 Å². The van der Waals surface area contributed by atoms with Crippen LogP contribution in [-0.4, -0.2) is 17.3 Å². The Hall–Kier alpha value is -1.82. The summed E-state index contributed by atoms with van der Waals surface area (Å²) in [6.45, 7) is 0. The van der Waals surface area contributed by atoms with Crippen LogP contribution in [0.3, 0.4) is 0 Å². The summed E-state index contributed by atoms with van der Waals surface area (Å²) in [7, 11) is 1.20. The van der Waals surface area contributed by atoms with E-state index >= 15 is 0 Å². The molecule has 3 N–H and O–H groups in total. The fourth-order valence-electron chi connectivity index (χ4n) is 1.47. The average Bonchev–Trinajstić information content (AvgIpc) is 2.71. The van der Waals surface area contributed by atoms with Gasteiger partial charge in [-0.15, -0.1) is 0 Å². The van der Waals surface area contributed by atoms with Gasteiger partial charge in [-0.25, -0.2) is 4.39 Å². The van der Waals surface area contributed by atoms with E-state index in [1.54, 1.807) is 0 Å². The molecule has 17 heavy (non-hydrogen) atoms. The van der Waals surface area contributed by atoms with E-state index in [0.29, 0.717) is 0 Å². The molecule has 1 aromatic heterocycles. The van der Waals surface area contributed by atoms with Crippen LogP contribution in [0.25, 0.3) is 11.1 Å². The number of nitrogens with one attached hydrogen (secondary N) is 1. The molecule has 0 unspecified atom stereocenters. The van der Waals surface area contributed by atoms with E-state index in [2.05, 4.69) is 14.9 Å². The summed E-state index contributed by atoms with van der Waals surface area (Å²) in [5.41, 5.74) is 5.70. The van der Waals surface area contributed by atoms with Gasteiger partial charge in [0.05, 0.1) is 18.3 Å². The lowest BCUT2D eigenvalue weighted by Gasteiger charge is -2.09. The standard InChI is InChI=1S/C10H8ClF2N3O/c1-17-9-6(11)2-4(7(12)8(9)13)5-3-15-16-10(5)14/h2-3H,1H3,(H3,14,15,16). The maximum atomic E-state index is 13.8. The van der Waals surface area contributed by atoms with Gasteiger partial charge in [-0.2, -0.15) is 9.49 Å². The summed E-state index contributed by atoms with van der Waals surface area (Å²) in [5.74, 6) is -2.45. The van der Waals surface area contributed by atoms with Crippen LogP contribution in [0.5, 0.6) is 5.75 Å². The molecule has 0 atom stereocenters. The van der Waals surface area contributed by atoms with Gasteiger partial charge in [0.25, 0.3) is 0 Å². The number of benzene rings is 1. The van der Waals surface area contributed by atoms with Crippen LogP contribution >= 0.6 is 11.6 Å². The van der Waals surface area contributed by atoms with Crippen molar-refractivity contribution in [3.63, 3.8) is 0 Å². The Morgan fingerprint density at radius 1 is 1.35 bits per heavy atom. The number of anilines is 1. The summed E-state index contributed by atoms with van der Waals surface area (Å²) in [6, 6.07) is 1.24. The summed E-state index contributed by atoms with van der Waals surface area (Å²) < 4.78 is 32.0. The molecule has 7 heteroatoms. The molecule has 2 aromatic rings. The lowest BCUT2D eigenvalue weighted by molar-refractivity contribution is 0.372. The molecule has 0 aliphatic carbocycles. The SMILES string of the molecule is COc1c(Cl)cc(-c2cn[nH]c2N)c(F)c1F.